The summed E-state index contributed by atoms with van der Waals surface area (Å²) in [5.41, 5.74) is 6.48. The molecule has 1 aromatic heterocycles. The average Bonchev–Trinajstić information content (AvgIpc) is 2.99. The monoisotopic (exact) mass is 347 g/mol. The molecule has 4 nitrogen and oxygen atoms in total. The molecule has 4 rings (SSSR count). The molecule has 0 spiro atoms. The molecule has 1 saturated heterocycles. The quantitative estimate of drug-likeness (QED) is 0.739. The van der Waals surface area contributed by atoms with Crippen molar-refractivity contribution in [1.82, 2.24) is 15.2 Å². The Kier molecular flexibility index (Phi) is 4.29. The number of fused-ring (bicyclic) bond motifs is 1. The molecule has 1 amide bonds. The Labute approximate surface area is 154 Å². The molecule has 0 bridgehead atoms. The van der Waals surface area contributed by atoms with Crippen molar-refractivity contribution in [1.29, 1.82) is 0 Å². The Morgan fingerprint density at radius 1 is 1.12 bits per heavy atom. The number of aryl methyl sites for hydroxylation is 3. The lowest BCUT2D eigenvalue weighted by Gasteiger charge is -2.34. The molecule has 0 radical (unpaired) electrons. The van der Waals surface area contributed by atoms with Gasteiger partial charge in [-0.05, 0) is 43.5 Å². The second-order valence-electron chi connectivity index (χ2n) is 7.30. The molecule has 134 valence electrons. The predicted octanol–water partition coefficient (Wildman–Crippen LogP) is 3.88. The van der Waals surface area contributed by atoms with Crippen molar-refractivity contribution in [2.24, 2.45) is 0 Å². The zero-order valence-electron chi connectivity index (χ0n) is 15.6. The highest BCUT2D eigenvalue weighted by Gasteiger charge is 2.27. The number of rotatable bonds is 2. The lowest BCUT2D eigenvalue weighted by Crippen LogP contribution is -2.48. The molecular formula is C22H25N3O. The third-order valence-electron chi connectivity index (χ3n) is 5.39. The summed E-state index contributed by atoms with van der Waals surface area (Å²) < 4.78 is 0. The molecule has 0 unspecified atom stereocenters. The van der Waals surface area contributed by atoms with Crippen LogP contribution in [0.15, 0.2) is 42.5 Å². The molecule has 2 heterocycles. The van der Waals surface area contributed by atoms with Gasteiger partial charge in [0.2, 0.25) is 0 Å². The first-order chi connectivity index (χ1) is 12.5. The van der Waals surface area contributed by atoms with Crippen LogP contribution in [0.2, 0.25) is 0 Å². The molecule has 1 atom stereocenters. The van der Waals surface area contributed by atoms with Gasteiger partial charge in [0.25, 0.3) is 5.91 Å². The first-order valence-electron chi connectivity index (χ1n) is 9.21. The molecule has 2 N–H and O–H groups in total. The fraction of sp³-hybridized carbons (Fsp3) is 0.318. The van der Waals surface area contributed by atoms with Crippen LogP contribution in [-0.4, -0.2) is 35.4 Å². The minimum Gasteiger partial charge on any atom is -0.350 e. The van der Waals surface area contributed by atoms with Crippen molar-refractivity contribution in [2.45, 2.75) is 26.8 Å². The summed E-state index contributed by atoms with van der Waals surface area (Å²) in [6.45, 7) is 8.46. The number of benzene rings is 2. The topological polar surface area (TPSA) is 48.1 Å². The predicted molar refractivity (Wildman–Crippen MR) is 106 cm³/mol. The molecule has 3 aromatic rings. The van der Waals surface area contributed by atoms with Crippen LogP contribution in [0.3, 0.4) is 0 Å². The molecule has 2 aromatic carbocycles. The highest BCUT2D eigenvalue weighted by molar-refractivity contribution is 6.01. The van der Waals surface area contributed by atoms with Crippen LogP contribution in [0.5, 0.6) is 0 Å². The normalized spacial score (nSPS) is 17.7. The van der Waals surface area contributed by atoms with Gasteiger partial charge in [0, 0.05) is 36.6 Å². The van der Waals surface area contributed by atoms with Gasteiger partial charge in [0.05, 0.1) is 0 Å². The summed E-state index contributed by atoms with van der Waals surface area (Å²) in [4.78, 5) is 18.6. The Morgan fingerprint density at radius 3 is 2.65 bits per heavy atom. The van der Waals surface area contributed by atoms with Crippen molar-refractivity contribution in [2.75, 3.05) is 19.6 Å². The van der Waals surface area contributed by atoms with Crippen molar-refractivity contribution >= 4 is 16.8 Å². The molecular weight excluding hydrogens is 322 g/mol. The van der Waals surface area contributed by atoms with Crippen LogP contribution in [0.1, 0.15) is 38.8 Å². The number of carbonyl (C=O) groups is 1. The molecule has 1 aliphatic rings. The Morgan fingerprint density at radius 2 is 1.88 bits per heavy atom. The standard InChI is InChI=1S/C22H25N3O/c1-14-11-15(2)20-18(12-14)16(3)21(24-20)22(26)25-10-9-23-19(13-25)17-7-5-4-6-8-17/h4-8,11-12,19,23-24H,9-10,13H2,1-3H3/t19-/m0/s1. The number of aromatic nitrogens is 1. The van der Waals surface area contributed by atoms with Crippen LogP contribution >= 0.6 is 0 Å². The number of amides is 1. The molecule has 26 heavy (non-hydrogen) atoms. The van der Waals surface area contributed by atoms with E-state index in [2.05, 4.69) is 48.4 Å². The first kappa shape index (κ1) is 16.9. The minimum absolute atomic E-state index is 0.0955. The highest BCUT2D eigenvalue weighted by atomic mass is 16.2. The van der Waals surface area contributed by atoms with Crippen molar-refractivity contribution < 1.29 is 4.79 Å². The van der Waals surface area contributed by atoms with E-state index >= 15 is 0 Å². The van der Waals surface area contributed by atoms with E-state index in [0.29, 0.717) is 6.54 Å². The van der Waals surface area contributed by atoms with E-state index < -0.39 is 0 Å². The fourth-order valence-corrected chi connectivity index (χ4v) is 4.00. The van der Waals surface area contributed by atoms with Crippen molar-refractivity contribution in [3.05, 3.63) is 70.4 Å². The van der Waals surface area contributed by atoms with Gasteiger partial charge in [-0.3, -0.25) is 4.79 Å². The van der Waals surface area contributed by atoms with Gasteiger partial charge >= 0.3 is 0 Å². The largest absolute Gasteiger partial charge is 0.350 e. The van der Waals surface area contributed by atoms with Crippen molar-refractivity contribution in [3.63, 3.8) is 0 Å². The fourth-order valence-electron chi connectivity index (χ4n) is 4.00. The number of hydrogen-bond acceptors (Lipinski definition) is 2. The Balaban J connectivity index is 1.64. The van der Waals surface area contributed by atoms with E-state index in [9.17, 15) is 4.79 Å². The van der Waals surface area contributed by atoms with E-state index in [4.69, 9.17) is 0 Å². The lowest BCUT2D eigenvalue weighted by atomic mass is 10.0. The zero-order valence-corrected chi connectivity index (χ0v) is 15.6. The van der Waals surface area contributed by atoms with Gasteiger partial charge in [0.1, 0.15) is 5.69 Å². The van der Waals surface area contributed by atoms with Crippen LogP contribution in [0.4, 0.5) is 0 Å². The minimum atomic E-state index is 0.0955. The average molecular weight is 347 g/mol. The number of piperazine rings is 1. The van der Waals surface area contributed by atoms with Crippen LogP contribution in [0.25, 0.3) is 10.9 Å². The van der Waals surface area contributed by atoms with Gasteiger partial charge in [-0.2, -0.15) is 0 Å². The van der Waals surface area contributed by atoms with Gasteiger partial charge in [-0.1, -0.05) is 42.0 Å². The maximum absolute atomic E-state index is 13.2. The van der Waals surface area contributed by atoms with Crippen molar-refractivity contribution in [3.8, 4) is 0 Å². The number of nitrogens with one attached hydrogen (secondary N) is 2. The van der Waals surface area contributed by atoms with Crippen LogP contribution in [0, 0.1) is 20.8 Å². The SMILES string of the molecule is Cc1cc(C)c2[nH]c(C(=O)N3CCN[C@H](c4ccccc4)C3)c(C)c2c1. The Hall–Kier alpha value is -2.59. The molecule has 0 aliphatic carbocycles. The summed E-state index contributed by atoms with van der Waals surface area (Å²) in [5, 5.41) is 4.68. The molecule has 0 saturated carbocycles. The number of hydrogen-bond donors (Lipinski definition) is 2. The number of carbonyl (C=O) groups excluding carboxylic acids is 1. The maximum Gasteiger partial charge on any atom is 0.270 e. The van der Waals surface area contributed by atoms with E-state index in [1.165, 1.54) is 16.7 Å². The number of aromatic amines is 1. The summed E-state index contributed by atoms with van der Waals surface area (Å²) in [6.07, 6.45) is 0. The van der Waals surface area contributed by atoms with Crippen LogP contribution < -0.4 is 5.32 Å². The summed E-state index contributed by atoms with van der Waals surface area (Å²) in [5.74, 6) is 0.0955. The van der Waals surface area contributed by atoms with E-state index in [-0.39, 0.29) is 11.9 Å². The third-order valence-corrected chi connectivity index (χ3v) is 5.39. The van der Waals surface area contributed by atoms with Crippen LogP contribution in [-0.2, 0) is 0 Å². The first-order valence-corrected chi connectivity index (χ1v) is 9.21. The highest BCUT2D eigenvalue weighted by Crippen LogP contribution is 2.27. The third kappa shape index (κ3) is 2.90. The van der Waals surface area contributed by atoms with E-state index in [1.807, 2.05) is 30.0 Å². The Bertz CT molecular complexity index is 958. The summed E-state index contributed by atoms with van der Waals surface area (Å²) in [7, 11) is 0. The van der Waals surface area contributed by atoms with Gasteiger partial charge < -0.3 is 15.2 Å². The van der Waals surface area contributed by atoms with E-state index in [0.717, 1.165) is 35.2 Å². The molecule has 1 aliphatic heterocycles. The number of nitrogens with zero attached hydrogens (tertiary/aromatic N) is 1. The lowest BCUT2D eigenvalue weighted by molar-refractivity contribution is 0.0697. The second-order valence-corrected chi connectivity index (χ2v) is 7.30. The van der Waals surface area contributed by atoms with Gasteiger partial charge in [0.15, 0.2) is 0 Å². The second kappa shape index (κ2) is 6.61. The summed E-state index contributed by atoms with van der Waals surface area (Å²) in [6, 6.07) is 14.8. The van der Waals surface area contributed by atoms with E-state index in [1.54, 1.807) is 0 Å². The zero-order chi connectivity index (χ0) is 18.3. The summed E-state index contributed by atoms with van der Waals surface area (Å²) >= 11 is 0. The van der Waals surface area contributed by atoms with Gasteiger partial charge in [-0.25, -0.2) is 0 Å². The maximum atomic E-state index is 13.2. The number of H-pyrrole nitrogens is 1. The molecule has 4 heteroatoms. The molecule has 1 fully saturated rings. The van der Waals surface area contributed by atoms with Gasteiger partial charge in [-0.15, -0.1) is 0 Å². The smallest absolute Gasteiger partial charge is 0.270 e.